The van der Waals surface area contributed by atoms with Gasteiger partial charge in [0, 0.05) is 50.2 Å². The number of hydrogen-bond acceptors (Lipinski definition) is 6. The number of likely N-dealkylation sites (N-methyl/N-ethyl adjacent to an activating group) is 1. The number of anilines is 1. The van der Waals surface area contributed by atoms with Gasteiger partial charge in [0.25, 0.3) is 11.8 Å². The molecule has 38 heavy (non-hydrogen) atoms. The van der Waals surface area contributed by atoms with Gasteiger partial charge in [-0.15, -0.1) is 0 Å². The standard InChI is InChI=1S/C30H29N3O4S/c1-20-4-3-5-21(14-20)16-28-30(35)31(2)24-17-23(7-9-27(24)38-28)29(34)33-12-10-32(11-13-33)18-22-6-8-25-26(15-22)37-19-36-25/h3-9,14-17H,10-13,18-19H2,1-2H3. The molecule has 0 spiro atoms. The molecule has 3 aromatic rings. The first kappa shape index (κ1) is 24.6. The van der Waals surface area contributed by atoms with E-state index in [1.165, 1.54) is 17.3 Å². The SMILES string of the molecule is Cc1cccc(C=C2Sc3ccc(C(=O)N4CCN(Cc5ccc6c(c5)OCO6)CC4)cc3N(C)C2=O)c1. The number of piperazine rings is 1. The Balaban J connectivity index is 1.11. The fourth-order valence-corrected chi connectivity index (χ4v) is 6.12. The molecule has 6 rings (SSSR count). The van der Waals surface area contributed by atoms with E-state index in [0.717, 1.165) is 52.8 Å². The van der Waals surface area contributed by atoms with E-state index < -0.39 is 0 Å². The lowest BCUT2D eigenvalue weighted by molar-refractivity contribution is -0.114. The van der Waals surface area contributed by atoms with Crippen LogP contribution in [0.1, 0.15) is 27.0 Å². The van der Waals surface area contributed by atoms with Gasteiger partial charge in [0.15, 0.2) is 11.5 Å². The average molecular weight is 528 g/mol. The number of rotatable bonds is 4. The highest BCUT2D eigenvalue weighted by Gasteiger charge is 2.29. The number of ether oxygens (including phenoxy) is 2. The molecule has 2 amide bonds. The minimum atomic E-state index is -0.0641. The van der Waals surface area contributed by atoms with E-state index >= 15 is 0 Å². The van der Waals surface area contributed by atoms with Gasteiger partial charge in [-0.1, -0.05) is 47.7 Å². The van der Waals surface area contributed by atoms with E-state index in [1.807, 2.05) is 66.4 Å². The zero-order valence-corrected chi connectivity index (χ0v) is 22.3. The van der Waals surface area contributed by atoms with Crippen LogP contribution in [0.2, 0.25) is 0 Å². The summed E-state index contributed by atoms with van der Waals surface area (Å²) < 4.78 is 10.9. The Morgan fingerprint density at radius 2 is 1.79 bits per heavy atom. The third-order valence-electron chi connectivity index (χ3n) is 7.15. The molecule has 0 unspecified atom stereocenters. The predicted octanol–water partition coefficient (Wildman–Crippen LogP) is 4.79. The maximum absolute atomic E-state index is 13.4. The number of amides is 2. The van der Waals surface area contributed by atoms with Gasteiger partial charge in [-0.25, -0.2) is 0 Å². The molecule has 1 fully saturated rings. The van der Waals surface area contributed by atoms with Gasteiger partial charge in [-0.2, -0.15) is 0 Å². The fourth-order valence-electron chi connectivity index (χ4n) is 5.03. The number of aryl methyl sites for hydroxylation is 1. The Morgan fingerprint density at radius 3 is 2.61 bits per heavy atom. The molecule has 0 aliphatic carbocycles. The van der Waals surface area contributed by atoms with Crippen LogP contribution in [-0.2, 0) is 11.3 Å². The van der Waals surface area contributed by atoms with E-state index in [4.69, 9.17) is 9.47 Å². The summed E-state index contributed by atoms with van der Waals surface area (Å²) >= 11 is 1.46. The summed E-state index contributed by atoms with van der Waals surface area (Å²) in [6, 6.07) is 19.8. The number of nitrogens with zero attached hydrogens (tertiary/aromatic N) is 3. The second kappa shape index (κ2) is 10.2. The topological polar surface area (TPSA) is 62.3 Å². The molecule has 0 radical (unpaired) electrons. The molecular formula is C30H29N3O4S. The van der Waals surface area contributed by atoms with E-state index in [-0.39, 0.29) is 18.6 Å². The molecule has 8 heteroatoms. The Bertz CT molecular complexity index is 1450. The molecule has 0 N–H and O–H groups in total. The summed E-state index contributed by atoms with van der Waals surface area (Å²) in [5.41, 5.74) is 4.71. The van der Waals surface area contributed by atoms with E-state index in [2.05, 4.69) is 17.0 Å². The van der Waals surface area contributed by atoms with Gasteiger partial charge < -0.3 is 19.3 Å². The van der Waals surface area contributed by atoms with Gasteiger partial charge in [0.2, 0.25) is 6.79 Å². The zero-order valence-electron chi connectivity index (χ0n) is 21.5. The lowest BCUT2D eigenvalue weighted by Gasteiger charge is -2.35. The van der Waals surface area contributed by atoms with E-state index in [9.17, 15) is 9.59 Å². The van der Waals surface area contributed by atoms with Crippen LogP contribution in [0.4, 0.5) is 5.69 Å². The van der Waals surface area contributed by atoms with Crippen LogP contribution in [0.3, 0.4) is 0 Å². The van der Waals surface area contributed by atoms with E-state index in [0.29, 0.717) is 23.6 Å². The van der Waals surface area contributed by atoms with E-state index in [1.54, 1.807) is 11.9 Å². The van der Waals surface area contributed by atoms with Crippen molar-refractivity contribution < 1.29 is 19.1 Å². The smallest absolute Gasteiger partial charge is 0.264 e. The maximum atomic E-state index is 13.4. The molecule has 0 saturated carbocycles. The zero-order chi connectivity index (χ0) is 26.2. The lowest BCUT2D eigenvalue weighted by Crippen LogP contribution is -2.48. The van der Waals surface area contributed by atoms with Crippen molar-refractivity contribution >= 4 is 35.3 Å². The lowest BCUT2D eigenvalue weighted by atomic mass is 10.1. The first-order valence-corrected chi connectivity index (χ1v) is 13.5. The molecular weight excluding hydrogens is 498 g/mol. The van der Waals surface area contributed by atoms with Crippen molar-refractivity contribution in [2.24, 2.45) is 0 Å². The number of fused-ring (bicyclic) bond motifs is 2. The second-order valence-electron chi connectivity index (χ2n) is 9.83. The van der Waals surface area contributed by atoms with Crippen molar-refractivity contribution in [2.45, 2.75) is 18.4 Å². The highest BCUT2D eigenvalue weighted by Crippen LogP contribution is 2.42. The van der Waals surface area contributed by atoms with Crippen LogP contribution in [0.15, 0.2) is 70.5 Å². The number of hydrogen-bond donors (Lipinski definition) is 0. The minimum absolute atomic E-state index is 0.00229. The number of thioether (sulfide) groups is 1. The van der Waals surface area contributed by atoms with Gasteiger partial charge in [-0.3, -0.25) is 14.5 Å². The van der Waals surface area contributed by atoms with Crippen molar-refractivity contribution in [3.8, 4) is 11.5 Å². The minimum Gasteiger partial charge on any atom is -0.454 e. The fraction of sp³-hybridized carbons (Fsp3) is 0.267. The highest BCUT2D eigenvalue weighted by atomic mass is 32.2. The normalized spacial score (nSPS) is 18.2. The van der Waals surface area contributed by atoms with Gasteiger partial charge >= 0.3 is 0 Å². The first-order chi connectivity index (χ1) is 18.4. The Kier molecular flexibility index (Phi) is 6.59. The molecule has 194 valence electrons. The molecule has 3 aromatic carbocycles. The molecule has 3 aliphatic heterocycles. The van der Waals surface area contributed by atoms with Crippen LogP contribution in [0, 0.1) is 6.92 Å². The molecule has 7 nitrogen and oxygen atoms in total. The van der Waals surface area contributed by atoms with Crippen LogP contribution in [0.25, 0.3) is 6.08 Å². The second-order valence-corrected chi connectivity index (χ2v) is 10.9. The largest absolute Gasteiger partial charge is 0.454 e. The summed E-state index contributed by atoms with van der Waals surface area (Å²) in [6.07, 6.45) is 1.93. The van der Waals surface area contributed by atoms with Crippen molar-refractivity contribution in [3.63, 3.8) is 0 Å². The van der Waals surface area contributed by atoms with Gasteiger partial charge in [-0.05, 0) is 54.5 Å². The number of carbonyl (C=O) groups is 2. The number of carbonyl (C=O) groups excluding carboxylic acids is 2. The van der Waals surface area contributed by atoms with Crippen molar-refractivity contribution in [3.05, 3.63) is 87.8 Å². The van der Waals surface area contributed by atoms with Crippen LogP contribution in [-0.4, -0.2) is 61.6 Å². The van der Waals surface area contributed by atoms with Crippen LogP contribution in [0.5, 0.6) is 11.5 Å². The summed E-state index contributed by atoms with van der Waals surface area (Å²) in [7, 11) is 1.77. The van der Waals surface area contributed by atoms with Crippen LogP contribution >= 0.6 is 11.8 Å². The molecule has 0 aromatic heterocycles. The predicted molar refractivity (Wildman–Crippen MR) is 149 cm³/mol. The summed E-state index contributed by atoms with van der Waals surface area (Å²) in [5, 5.41) is 0. The molecule has 0 bridgehead atoms. The number of benzene rings is 3. The molecule has 3 aliphatic rings. The molecule has 0 atom stereocenters. The third-order valence-corrected chi connectivity index (χ3v) is 8.22. The Labute approximate surface area is 226 Å². The van der Waals surface area contributed by atoms with Crippen molar-refractivity contribution in [2.75, 3.05) is 44.9 Å². The van der Waals surface area contributed by atoms with Crippen molar-refractivity contribution in [1.29, 1.82) is 0 Å². The summed E-state index contributed by atoms with van der Waals surface area (Å²) in [4.78, 5) is 34.0. The summed E-state index contributed by atoms with van der Waals surface area (Å²) in [6.45, 7) is 6.03. The molecule has 3 heterocycles. The summed E-state index contributed by atoms with van der Waals surface area (Å²) in [5.74, 6) is 1.52. The third kappa shape index (κ3) is 4.89. The maximum Gasteiger partial charge on any atom is 0.264 e. The Morgan fingerprint density at radius 1 is 0.974 bits per heavy atom. The molecule has 1 saturated heterocycles. The quantitative estimate of drug-likeness (QED) is 0.455. The average Bonchev–Trinajstić information content (AvgIpc) is 3.40. The first-order valence-electron chi connectivity index (χ1n) is 12.7. The van der Waals surface area contributed by atoms with Crippen LogP contribution < -0.4 is 14.4 Å². The van der Waals surface area contributed by atoms with Crippen molar-refractivity contribution in [1.82, 2.24) is 9.80 Å². The highest BCUT2D eigenvalue weighted by molar-refractivity contribution is 8.04. The monoisotopic (exact) mass is 527 g/mol. The Hall–Kier alpha value is -3.75. The van der Waals surface area contributed by atoms with Gasteiger partial charge in [0.05, 0.1) is 10.6 Å². The van der Waals surface area contributed by atoms with Gasteiger partial charge in [0.1, 0.15) is 0 Å².